The molecule has 1 amide bonds. The number of nitro benzene ring substituents is 1. The summed E-state index contributed by atoms with van der Waals surface area (Å²) in [5.41, 5.74) is -2.45. The van der Waals surface area contributed by atoms with Crippen molar-refractivity contribution in [3.63, 3.8) is 0 Å². The number of nitro groups is 1. The number of halogens is 3. The molecule has 0 aromatic heterocycles. The van der Waals surface area contributed by atoms with Gasteiger partial charge in [-0.1, -0.05) is 6.07 Å². The van der Waals surface area contributed by atoms with Crippen LogP contribution in [0.15, 0.2) is 42.0 Å². The highest BCUT2D eigenvalue weighted by Gasteiger charge is 2.30. The number of nitrogens with zero attached hydrogens (tertiary/aromatic N) is 2. The lowest BCUT2D eigenvalue weighted by Crippen LogP contribution is -2.14. The van der Waals surface area contributed by atoms with Crippen LogP contribution in [0, 0.1) is 21.4 Å². The van der Waals surface area contributed by atoms with Crippen molar-refractivity contribution in [1.82, 2.24) is 0 Å². The molecule has 11 heteroatoms. The number of rotatable bonds is 5. The molecule has 0 aliphatic carbocycles. The zero-order valence-electron chi connectivity index (χ0n) is 14.6. The number of carbonyl (C=O) groups excluding carboxylic acids is 1. The lowest BCUT2D eigenvalue weighted by molar-refractivity contribution is -0.386. The molecule has 0 atom stereocenters. The van der Waals surface area contributed by atoms with E-state index in [0.29, 0.717) is 6.07 Å². The van der Waals surface area contributed by atoms with Gasteiger partial charge in [0.1, 0.15) is 11.6 Å². The van der Waals surface area contributed by atoms with Crippen LogP contribution < -0.4 is 10.1 Å². The summed E-state index contributed by atoms with van der Waals surface area (Å²) in [7, 11) is 1.15. The number of phenolic OH excluding ortho intramolecular Hbond substituents is 1. The lowest BCUT2D eigenvalue weighted by atomic mass is 10.1. The molecule has 0 heterocycles. The SMILES string of the molecule is COc1cc(/C=C(\C#N)C(=O)Nc2cccc(C(F)(F)F)c2)cc([N+](=O)[O-])c1O. The number of anilines is 1. The van der Waals surface area contributed by atoms with Gasteiger partial charge in [0.05, 0.1) is 17.6 Å². The molecule has 0 unspecified atom stereocenters. The van der Waals surface area contributed by atoms with Crippen LogP contribution in [0.25, 0.3) is 6.08 Å². The summed E-state index contributed by atoms with van der Waals surface area (Å²) >= 11 is 0. The number of ether oxygens (including phenoxy) is 1. The first-order valence-electron chi connectivity index (χ1n) is 7.72. The average molecular weight is 407 g/mol. The largest absolute Gasteiger partial charge is 0.500 e. The maximum Gasteiger partial charge on any atom is 0.416 e. The van der Waals surface area contributed by atoms with Gasteiger partial charge in [-0.05, 0) is 35.9 Å². The Morgan fingerprint density at radius 1 is 1.34 bits per heavy atom. The van der Waals surface area contributed by atoms with Crippen molar-refractivity contribution < 1.29 is 32.7 Å². The van der Waals surface area contributed by atoms with Crippen molar-refractivity contribution >= 4 is 23.4 Å². The maximum atomic E-state index is 12.8. The van der Waals surface area contributed by atoms with Crippen molar-refractivity contribution in [1.29, 1.82) is 5.26 Å². The molecule has 2 aromatic carbocycles. The fourth-order valence-electron chi connectivity index (χ4n) is 2.28. The summed E-state index contributed by atoms with van der Waals surface area (Å²) in [5.74, 6) is -2.02. The number of alkyl halides is 3. The Morgan fingerprint density at radius 2 is 2.03 bits per heavy atom. The molecular weight excluding hydrogens is 395 g/mol. The third kappa shape index (κ3) is 5.01. The van der Waals surface area contributed by atoms with E-state index in [2.05, 4.69) is 5.32 Å². The number of hydrogen-bond donors (Lipinski definition) is 2. The van der Waals surface area contributed by atoms with Crippen LogP contribution in [0.3, 0.4) is 0 Å². The zero-order valence-corrected chi connectivity index (χ0v) is 14.6. The molecule has 2 aromatic rings. The molecule has 0 aliphatic heterocycles. The normalized spacial score (nSPS) is 11.5. The summed E-state index contributed by atoms with van der Waals surface area (Å²) < 4.78 is 43.1. The van der Waals surface area contributed by atoms with Crippen molar-refractivity contribution in [2.45, 2.75) is 6.18 Å². The zero-order chi connectivity index (χ0) is 21.8. The molecule has 2 rings (SSSR count). The van der Waals surface area contributed by atoms with Gasteiger partial charge in [0, 0.05) is 11.8 Å². The predicted molar refractivity (Wildman–Crippen MR) is 95.0 cm³/mol. The second-order valence-corrected chi connectivity index (χ2v) is 5.55. The van der Waals surface area contributed by atoms with Gasteiger partial charge in [-0.2, -0.15) is 18.4 Å². The van der Waals surface area contributed by atoms with E-state index in [1.807, 2.05) is 0 Å². The summed E-state index contributed by atoms with van der Waals surface area (Å²) in [6.07, 6.45) is -3.64. The molecule has 0 saturated heterocycles. The molecular formula is C18H12F3N3O5. The molecule has 0 bridgehead atoms. The Kier molecular flexibility index (Phi) is 6.08. The van der Waals surface area contributed by atoms with E-state index in [1.165, 1.54) is 6.07 Å². The number of methoxy groups -OCH3 is 1. The molecule has 0 saturated carbocycles. The maximum absolute atomic E-state index is 12.8. The number of hydrogen-bond acceptors (Lipinski definition) is 6. The summed E-state index contributed by atoms with van der Waals surface area (Å²) in [5, 5.41) is 32.1. The molecule has 29 heavy (non-hydrogen) atoms. The number of aromatic hydroxyl groups is 1. The number of carbonyl (C=O) groups is 1. The third-order valence-corrected chi connectivity index (χ3v) is 3.62. The molecule has 2 N–H and O–H groups in total. The fraction of sp³-hybridized carbons (Fsp3) is 0.111. The minimum absolute atomic E-state index is 0.0120. The molecule has 150 valence electrons. The number of benzene rings is 2. The molecule has 8 nitrogen and oxygen atoms in total. The van der Waals surface area contributed by atoms with Gasteiger partial charge in [-0.25, -0.2) is 0 Å². The van der Waals surface area contributed by atoms with Crippen LogP contribution in [0.4, 0.5) is 24.5 Å². The van der Waals surface area contributed by atoms with E-state index >= 15 is 0 Å². The molecule has 0 spiro atoms. The van der Waals surface area contributed by atoms with E-state index in [9.17, 15) is 38.4 Å². The molecule has 0 radical (unpaired) electrons. The van der Waals surface area contributed by atoms with Crippen molar-refractivity contribution in [3.8, 4) is 17.6 Å². The smallest absolute Gasteiger partial charge is 0.416 e. The highest BCUT2D eigenvalue weighted by molar-refractivity contribution is 6.09. The second kappa shape index (κ2) is 8.30. The molecule has 0 aliphatic rings. The highest BCUT2D eigenvalue weighted by Crippen LogP contribution is 2.37. The van der Waals surface area contributed by atoms with Gasteiger partial charge in [0.25, 0.3) is 5.91 Å². The summed E-state index contributed by atoms with van der Waals surface area (Å²) in [6, 6.07) is 7.43. The first-order chi connectivity index (χ1) is 13.6. The Bertz CT molecular complexity index is 1040. The van der Waals surface area contributed by atoms with Gasteiger partial charge < -0.3 is 15.2 Å². The number of nitrogens with one attached hydrogen (secondary N) is 1. The quantitative estimate of drug-likeness (QED) is 0.335. The van der Waals surface area contributed by atoms with Crippen LogP contribution >= 0.6 is 0 Å². The van der Waals surface area contributed by atoms with Crippen LogP contribution in [-0.4, -0.2) is 23.0 Å². The van der Waals surface area contributed by atoms with Gasteiger partial charge in [0.15, 0.2) is 5.75 Å². The van der Waals surface area contributed by atoms with Gasteiger partial charge >= 0.3 is 11.9 Å². The van der Waals surface area contributed by atoms with E-state index in [-0.39, 0.29) is 17.0 Å². The Morgan fingerprint density at radius 3 is 2.59 bits per heavy atom. The standard InChI is InChI=1S/C18H12F3N3O5/c1-29-15-7-10(6-14(16(15)25)24(27)28)5-11(9-22)17(26)23-13-4-2-3-12(8-13)18(19,20)21/h2-8,25H,1H3,(H,23,26)/b11-5+. The third-order valence-electron chi connectivity index (χ3n) is 3.62. The monoisotopic (exact) mass is 407 g/mol. The average Bonchev–Trinajstić information content (AvgIpc) is 2.66. The number of amides is 1. The Balaban J connectivity index is 2.38. The highest BCUT2D eigenvalue weighted by atomic mass is 19.4. The van der Waals surface area contributed by atoms with Crippen LogP contribution in [0.5, 0.6) is 11.5 Å². The minimum Gasteiger partial charge on any atom is -0.500 e. The van der Waals surface area contributed by atoms with E-state index < -0.39 is 39.6 Å². The summed E-state index contributed by atoms with van der Waals surface area (Å²) in [6.45, 7) is 0. The van der Waals surface area contributed by atoms with E-state index in [0.717, 1.165) is 37.5 Å². The number of nitriles is 1. The van der Waals surface area contributed by atoms with Crippen molar-refractivity contribution in [2.24, 2.45) is 0 Å². The Labute approximate surface area is 161 Å². The van der Waals surface area contributed by atoms with Gasteiger partial charge in [0.2, 0.25) is 5.75 Å². The van der Waals surface area contributed by atoms with Gasteiger partial charge in [-0.15, -0.1) is 0 Å². The first kappa shape index (κ1) is 21.2. The lowest BCUT2D eigenvalue weighted by Gasteiger charge is -2.10. The second-order valence-electron chi connectivity index (χ2n) is 5.55. The topological polar surface area (TPSA) is 125 Å². The minimum atomic E-state index is -4.61. The first-order valence-corrected chi connectivity index (χ1v) is 7.72. The van der Waals surface area contributed by atoms with E-state index in [4.69, 9.17) is 4.74 Å². The predicted octanol–water partition coefficient (Wildman–Crippen LogP) is 3.87. The fourth-order valence-corrected chi connectivity index (χ4v) is 2.28. The number of phenols is 1. The van der Waals surface area contributed by atoms with Crippen LogP contribution in [-0.2, 0) is 11.0 Å². The van der Waals surface area contributed by atoms with Crippen molar-refractivity contribution in [2.75, 3.05) is 12.4 Å². The van der Waals surface area contributed by atoms with E-state index in [1.54, 1.807) is 6.07 Å². The van der Waals surface area contributed by atoms with Crippen LogP contribution in [0.1, 0.15) is 11.1 Å². The van der Waals surface area contributed by atoms with Crippen molar-refractivity contribution in [3.05, 3.63) is 63.2 Å². The Hall–Kier alpha value is -4.07. The molecule has 0 fully saturated rings. The summed E-state index contributed by atoms with van der Waals surface area (Å²) in [4.78, 5) is 22.4. The van der Waals surface area contributed by atoms with Crippen LogP contribution in [0.2, 0.25) is 0 Å². The van der Waals surface area contributed by atoms with Gasteiger partial charge in [-0.3, -0.25) is 14.9 Å².